The van der Waals surface area contributed by atoms with Gasteiger partial charge >= 0.3 is 0 Å². The molecule has 1 heteroatoms. The summed E-state index contributed by atoms with van der Waals surface area (Å²) in [5.41, 5.74) is 2.01. The van der Waals surface area contributed by atoms with E-state index in [0.29, 0.717) is 5.56 Å². The first kappa shape index (κ1) is 9.41. The maximum absolute atomic E-state index is 7.98. The normalized spacial score (nSPS) is 15.1. The van der Waals surface area contributed by atoms with Gasteiger partial charge in [0.15, 0.2) is 0 Å². The van der Waals surface area contributed by atoms with Gasteiger partial charge in [0.05, 0.1) is 0 Å². The number of nitrogens with one attached hydrogen (secondary N) is 1. The van der Waals surface area contributed by atoms with Gasteiger partial charge in [-0.25, -0.2) is 0 Å². The van der Waals surface area contributed by atoms with E-state index in [1.807, 2.05) is 38.1 Å². The van der Waals surface area contributed by atoms with Gasteiger partial charge in [0, 0.05) is 15.3 Å². The fourth-order valence-electron chi connectivity index (χ4n) is 1.28. The zero-order valence-corrected chi connectivity index (χ0v) is 10.4. The molecule has 0 unspecified atom stereocenters. The van der Waals surface area contributed by atoms with Crippen molar-refractivity contribution in [1.29, 1.82) is 0 Å². The second-order valence-corrected chi connectivity index (χ2v) is 5.25. The Morgan fingerprint density at radius 2 is 1.73 bits per heavy atom. The van der Waals surface area contributed by atoms with E-state index < -0.39 is 6.50 Å². The van der Waals surface area contributed by atoms with Crippen LogP contribution in [0.2, 0.25) is 0 Å². The Morgan fingerprint density at radius 1 is 1.20 bits per heavy atom. The SMILES string of the molecule is [2H]C([2H])(NC(C)C)c1ccc(C(C)(C)C)cc1. The molecule has 0 atom stereocenters. The first-order chi connectivity index (χ1) is 7.63. The van der Waals surface area contributed by atoms with Gasteiger partial charge in [-0.1, -0.05) is 58.9 Å². The topological polar surface area (TPSA) is 12.0 Å². The third-order valence-electron chi connectivity index (χ3n) is 2.26. The van der Waals surface area contributed by atoms with Crippen molar-refractivity contribution >= 4 is 0 Å². The van der Waals surface area contributed by atoms with E-state index in [4.69, 9.17) is 2.74 Å². The second kappa shape index (κ2) is 4.80. The summed E-state index contributed by atoms with van der Waals surface area (Å²) >= 11 is 0. The molecule has 0 aliphatic rings. The van der Waals surface area contributed by atoms with Gasteiger partial charge in [0.1, 0.15) is 0 Å². The van der Waals surface area contributed by atoms with Gasteiger partial charge in [-0.15, -0.1) is 0 Å². The molecule has 1 nitrogen and oxygen atoms in total. The zero-order valence-electron chi connectivity index (χ0n) is 12.4. The molecule has 0 saturated heterocycles. The molecule has 15 heavy (non-hydrogen) atoms. The Labute approximate surface area is 96.7 Å². The lowest BCUT2D eigenvalue weighted by Gasteiger charge is -2.19. The van der Waals surface area contributed by atoms with Crippen LogP contribution in [0.3, 0.4) is 0 Å². The smallest absolute Gasteiger partial charge is 0.0479 e. The summed E-state index contributed by atoms with van der Waals surface area (Å²) in [6.45, 7) is 8.89. The molecule has 84 valence electrons. The summed E-state index contributed by atoms with van der Waals surface area (Å²) in [4.78, 5) is 0. The maximum Gasteiger partial charge on any atom is 0.0479 e. The molecule has 0 amide bonds. The molecule has 1 rings (SSSR count). The van der Waals surface area contributed by atoms with Gasteiger partial charge in [-0.2, -0.15) is 0 Å². The number of rotatable bonds is 3. The van der Waals surface area contributed by atoms with Gasteiger partial charge < -0.3 is 5.32 Å². The molecule has 0 aromatic heterocycles. The van der Waals surface area contributed by atoms with Crippen LogP contribution in [0.1, 0.15) is 48.5 Å². The van der Waals surface area contributed by atoms with Gasteiger partial charge in [0.25, 0.3) is 0 Å². The minimum Gasteiger partial charge on any atom is -0.310 e. The summed E-state index contributed by atoms with van der Waals surface area (Å²) in [6, 6.07) is 7.88. The summed E-state index contributed by atoms with van der Waals surface area (Å²) in [7, 11) is 0. The largest absolute Gasteiger partial charge is 0.310 e. The predicted molar refractivity (Wildman–Crippen MR) is 67.1 cm³/mol. The van der Waals surface area contributed by atoms with Crippen molar-refractivity contribution in [3.8, 4) is 0 Å². The third-order valence-corrected chi connectivity index (χ3v) is 2.26. The zero-order chi connectivity index (χ0) is 13.3. The fourth-order valence-corrected chi connectivity index (χ4v) is 1.28. The highest BCUT2D eigenvalue weighted by atomic mass is 14.9. The van der Waals surface area contributed by atoms with Crippen LogP contribution in [0.5, 0.6) is 0 Å². The minimum atomic E-state index is -1.47. The van der Waals surface area contributed by atoms with Crippen LogP contribution in [0.4, 0.5) is 0 Å². The monoisotopic (exact) mass is 207 g/mol. The molecule has 1 aromatic carbocycles. The van der Waals surface area contributed by atoms with Crippen molar-refractivity contribution in [2.45, 2.75) is 52.6 Å². The lowest BCUT2D eigenvalue weighted by molar-refractivity contribution is 0.582. The Morgan fingerprint density at radius 3 is 2.13 bits per heavy atom. The summed E-state index contributed by atoms with van der Waals surface area (Å²) in [6.07, 6.45) is 0. The van der Waals surface area contributed by atoms with Crippen LogP contribution in [0.25, 0.3) is 0 Å². The highest BCUT2D eigenvalue weighted by Gasteiger charge is 2.12. The molecule has 0 spiro atoms. The van der Waals surface area contributed by atoms with Crippen molar-refractivity contribution in [1.82, 2.24) is 5.32 Å². The summed E-state index contributed by atoms with van der Waals surface area (Å²) in [5.74, 6) is 0. The molecule has 0 aliphatic carbocycles. The average Bonchev–Trinajstić information content (AvgIpc) is 2.14. The first-order valence-electron chi connectivity index (χ1n) is 6.51. The van der Waals surface area contributed by atoms with E-state index in [9.17, 15) is 0 Å². The average molecular weight is 207 g/mol. The van der Waals surface area contributed by atoms with E-state index in [-0.39, 0.29) is 11.5 Å². The molecule has 0 bridgehead atoms. The Hall–Kier alpha value is -0.820. The molecular formula is C14H23N. The lowest BCUT2D eigenvalue weighted by atomic mass is 9.87. The molecular weight excluding hydrogens is 182 g/mol. The third kappa shape index (κ3) is 4.05. The maximum atomic E-state index is 7.98. The molecule has 1 N–H and O–H groups in total. The lowest BCUT2D eigenvalue weighted by Crippen LogP contribution is -2.21. The molecule has 0 radical (unpaired) electrons. The van der Waals surface area contributed by atoms with Crippen molar-refractivity contribution in [3.63, 3.8) is 0 Å². The quantitative estimate of drug-likeness (QED) is 0.800. The highest BCUT2D eigenvalue weighted by molar-refractivity contribution is 5.27. The van der Waals surface area contributed by atoms with Crippen LogP contribution in [-0.2, 0) is 11.9 Å². The van der Waals surface area contributed by atoms with E-state index in [0.717, 1.165) is 0 Å². The Kier molecular flexibility index (Phi) is 3.01. The predicted octanol–water partition coefficient (Wildman–Crippen LogP) is 3.48. The van der Waals surface area contributed by atoms with Gasteiger partial charge in [-0.05, 0) is 16.5 Å². The van der Waals surface area contributed by atoms with Crippen LogP contribution >= 0.6 is 0 Å². The highest BCUT2D eigenvalue weighted by Crippen LogP contribution is 2.22. The number of hydrogen-bond donors (Lipinski definition) is 1. The molecule has 0 aliphatic heterocycles. The fraction of sp³-hybridized carbons (Fsp3) is 0.571. The standard InChI is InChI=1S/C14H23N/c1-11(2)15-10-12-6-8-13(9-7-12)14(3,4)5/h6-9,11,15H,10H2,1-5H3/i10D2. The Bertz CT molecular complexity index is 361. The Balaban J connectivity index is 2.94. The van der Waals surface area contributed by atoms with E-state index >= 15 is 0 Å². The number of benzene rings is 1. The second-order valence-electron chi connectivity index (χ2n) is 5.25. The van der Waals surface area contributed by atoms with Crippen molar-refractivity contribution in [2.75, 3.05) is 0 Å². The van der Waals surface area contributed by atoms with Gasteiger partial charge in [0.2, 0.25) is 0 Å². The molecule has 0 saturated carbocycles. The van der Waals surface area contributed by atoms with Crippen LogP contribution in [-0.4, -0.2) is 6.04 Å². The summed E-state index contributed by atoms with van der Waals surface area (Å²) in [5, 5.41) is 2.93. The molecule has 1 aromatic rings. The van der Waals surface area contributed by atoms with Crippen LogP contribution in [0.15, 0.2) is 24.3 Å². The van der Waals surface area contributed by atoms with E-state index in [1.54, 1.807) is 0 Å². The van der Waals surface area contributed by atoms with Crippen molar-refractivity contribution in [2.24, 2.45) is 0 Å². The summed E-state index contributed by atoms with van der Waals surface area (Å²) < 4.78 is 16.0. The van der Waals surface area contributed by atoms with Crippen LogP contribution < -0.4 is 5.32 Å². The van der Waals surface area contributed by atoms with E-state index in [1.165, 1.54) is 5.56 Å². The molecule has 0 fully saturated rings. The van der Waals surface area contributed by atoms with Crippen LogP contribution in [0, 0.1) is 0 Å². The van der Waals surface area contributed by atoms with Crippen molar-refractivity contribution in [3.05, 3.63) is 35.4 Å². The first-order valence-corrected chi connectivity index (χ1v) is 5.51. The van der Waals surface area contributed by atoms with Gasteiger partial charge in [-0.3, -0.25) is 0 Å². The van der Waals surface area contributed by atoms with Crippen molar-refractivity contribution < 1.29 is 2.74 Å². The van der Waals surface area contributed by atoms with E-state index in [2.05, 4.69) is 26.1 Å². The molecule has 0 heterocycles. The minimum absolute atomic E-state index is 0.108. The number of hydrogen-bond acceptors (Lipinski definition) is 1.